The number of nitrogens with zero attached hydrogens (tertiary/aromatic N) is 3. The van der Waals surface area contributed by atoms with Crippen molar-refractivity contribution in [2.45, 2.75) is 57.9 Å². The number of rotatable bonds is 7. The molecule has 1 aromatic carbocycles. The van der Waals surface area contributed by atoms with Crippen LogP contribution in [0.5, 0.6) is 5.75 Å². The number of amides is 1. The van der Waals surface area contributed by atoms with Gasteiger partial charge >= 0.3 is 0 Å². The number of hydrogen-bond donors (Lipinski definition) is 3. The van der Waals surface area contributed by atoms with Gasteiger partial charge < -0.3 is 25.3 Å². The third-order valence-corrected chi connectivity index (χ3v) is 7.29. The molecule has 0 radical (unpaired) electrons. The van der Waals surface area contributed by atoms with Crippen LogP contribution >= 0.6 is 0 Å². The van der Waals surface area contributed by atoms with Crippen molar-refractivity contribution in [2.24, 2.45) is 0 Å². The van der Waals surface area contributed by atoms with Crippen LogP contribution in [0.3, 0.4) is 0 Å². The van der Waals surface area contributed by atoms with Crippen molar-refractivity contribution in [1.29, 1.82) is 0 Å². The molecule has 8 nitrogen and oxygen atoms in total. The lowest BCUT2D eigenvalue weighted by molar-refractivity contribution is -0.119. The number of ether oxygens (including phenoxy) is 1. The average Bonchev–Trinajstić information content (AvgIpc) is 3.21. The second-order valence-corrected chi connectivity index (χ2v) is 10.2. The smallest absolute Gasteiger partial charge is 0.228 e. The summed E-state index contributed by atoms with van der Waals surface area (Å²) in [6.45, 7) is 2.01. The van der Waals surface area contributed by atoms with E-state index in [0.29, 0.717) is 18.4 Å². The van der Waals surface area contributed by atoms with E-state index < -0.39 is 0 Å². The number of anilines is 2. The van der Waals surface area contributed by atoms with Crippen molar-refractivity contribution in [3.63, 3.8) is 0 Å². The summed E-state index contributed by atoms with van der Waals surface area (Å²) in [5.41, 5.74) is 4.30. The number of hydrogen-bond acceptors (Lipinski definition) is 6. The van der Waals surface area contributed by atoms with Gasteiger partial charge in [0.05, 0.1) is 18.9 Å². The number of H-pyrrole nitrogens is 1. The molecule has 2 aromatic heterocycles. The monoisotopic (exact) mass is 500 g/mol. The number of allylic oxidation sites excluding steroid dienone is 1. The average molecular weight is 501 g/mol. The van der Waals surface area contributed by atoms with Gasteiger partial charge in [0.2, 0.25) is 11.9 Å². The Hall–Kier alpha value is -3.81. The predicted octanol–water partition coefficient (Wildman–Crippen LogP) is 3.29. The molecule has 0 bridgehead atoms. The lowest BCUT2D eigenvalue weighted by Crippen LogP contribution is -2.38. The SMILES string of the molecule is COc1ccc2[nH]c(C)c(CC(=O)NC=C3CCC(Nc4nc(N(C)C)c5c(n4)=CCCC=5)CC3)c2c1. The van der Waals surface area contributed by atoms with Crippen molar-refractivity contribution in [2.75, 3.05) is 31.4 Å². The van der Waals surface area contributed by atoms with Gasteiger partial charge in [-0.15, -0.1) is 0 Å². The zero-order chi connectivity index (χ0) is 25.9. The van der Waals surface area contributed by atoms with E-state index in [1.807, 2.05) is 45.4 Å². The molecule has 0 unspecified atom stereocenters. The first-order valence-corrected chi connectivity index (χ1v) is 13.1. The van der Waals surface area contributed by atoms with Crippen LogP contribution in [-0.4, -0.2) is 48.1 Å². The first-order valence-electron chi connectivity index (χ1n) is 13.1. The van der Waals surface area contributed by atoms with Crippen LogP contribution in [0.25, 0.3) is 23.1 Å². The molecule has 2 heterocycles. The van der Waals surface area contributed by atoms with Crippen LogP contribution in [0.15, 0.2) is 30.0 Å². The molecule has 5 rings (SSSR count). The molecule has 8 heteroatoms. The van der Waals surface area contributed by atoms with Crippen molar-refractivity contribution in [3.8, 4) is 5.75 Å². The molecular formula is C29H36N6O2. The van der Waals surface area contributed by atoms with E-state index in [1.165, 1.54) is 5.57 Å². The molecule has 2 aliphatic rings. The Labute approximate surface area is 217 Å². The maximum absolute atomic E-state index is 12.8. The van der Waals surface area contributed by atoms with E-state index in [9.17, 15) is 4.79 Å². The van der Waals surface area contributed by atoms with E-state index in [1.54, 1.807) is 7.11 Å². The van der Waals surface area contributed by atoms with E-state index >= 15 is 0 Å². The van der Waals surface area contributed by atoms with Crippen LogP contribution in [0.4, 0.5) is 11.8 Å². The first-order chi connectivity index (χ1) is 17.9. The largest absolute Gasteiger partial charge is 0.497 e. The highest BCUT2D eigenvalue weighted by Crippen LogP contribution is 2.27. The Morgan fingerprint density at radius 1 is 1.19 bits per heavy atom. The zero-order valence-electron chi connectivity index (χ0n) is 22.1. The maximum Gasteiger partial charge on any atom is 0.228 e. The minimum Gasteiger partial charge on any atom is -0.497 e. The molecule has 1 fully saturated rings. The van der Waals surface area contributed by atoms with Gasteiger partial charge in [-0.05, 0) is 69.2 Å². The summed E-state index contributed by atoms with van der Waals surface area (Å²) in [5, 5.41) is 9.78. The molecule has 0 aliphatic heterocycles. The second-order valence-electron chi connectivity index (χ2n) is 10.2. The number of fused-ring (bicyclic) bond motifs is 2. The quantitative estimate of drug-likeness (QED) is 0.461. The van der Waals surface area contributed by atoms with E-state index in [-0.39, 0.29) is 5.91 Å². The third kappa shape index (κ3) is 5.48. The molecule has 0 spiro atoms. The topological polar surface area (TPSA) is 95.2 Å². The molecule has 3 N–H and O–H groups in total. The lowest BCUT2D eigenvalue weighted by atomic mass is 9.91. The van der Waals surface area contributed by atoms with E-state index in [4.69, 9.17) is 14.7 Å². The number of aryl methyl sites for hydroxylation is 1. The highest BCUT2D eigenvalue weighted by atomic mass is 16.5. The highest BCUT2D eigenvalue weighted by Gasteiger charge is 2.19. The summed E-state index contributed by atoms with van der Waals surface area (Å²) in [6.07, 6.45) is 12.6. The highest BCUT2D eigenvalue weighted by molar-refractivity contribution is 5.91. The molecule has 2 aliphatic carbocycles. The molecule has 0 atom stereocenters. The number of benzene rings is 1. The zero-order valence-corrected chi connectivity index (χ0v) is 22.1. The summed E-state index contributed by atoms with van der Waals surface area (Å²) in [6, 6.07) is 6.22. The summed E-state index contributed by atoms with van der Waals surface area (Å²) >= 11 is 0. The van der Waals surface area contributed by atoms with Gasteiger partial charge in [-0.2, -0.15) is 4.98 Å². The van der Waals surface area contributed by atoms with Gasteiger partial charge in [-0.1, -0.05) is 17.7 Å². The minimum atomic E-state index is -0.00806. The molecule has 1 saturated carbocycles. The Bertz CT molecular complexity index is 1460. The van der Waals surface area contributed by atoms with Crippen molar-refractivity contribution in [1.82, 2.24) is 20.3 Å². The molecule has 3 aromatic rings. The van der Waals surface area contributed by atoms with Crippen LogP contribution < -0.4 is 30.8 Å². The van der Waals surface area contributed by atoms with Gasteiger partial charge in [-0.3, -0.25) is 4.79 Å². The summed E-state index contributed by atoms with van der Waals surface area (Å²) < 4.78 is 5.36. The first kappa shape index (κ1) is 24.9. The van der Waals surface area contributed by atoms with Crippen molar-refractivity contribution >= 4 is 40.7 Å². The molecule has 37 heavy (non-hydrogen) atoms. The van der Waals surface area contributed by atoms with Crippen LogP contribution in [0.2, 0.25) is 0 Å². The number of aromatic amines is 1. The van der Waals surface area contributed by atoms with E-state index in [0.717, 1.165) is 82.8 Å². The number of carbonyl (C=O) groups excluding carboxylic acids is 1. The normalized spacial score (nSPS) is 16.9. The van der Waals surface area contributed by atoms with Crippen LogP contribution in [-0.2, 0) is 11.2 Å². The van der Waals surface area contributed by atoms with Gasteiger partial charge in [0.1, 0.15) is 11.6 Å². The second kappa shape index (κ2) is 10.7. The van der Waals surface area contributed by atoms with Gasteiger partial charge in [0, 0.05) is 48.2 Å². The van der Waals surface area contributed by atoms with E-state index in [2.05, 4.69) is 32.7 Å². The lowest BCUT2D eigenvalue weighted by Gasteiger charge is -2.25. The fourth-order valence-electron chi connectivity index (χ4n) is 5.25. The number of aromatic nitrogens is 3. The summed E-state index contributed by atoms with van der Waals surface area (Å²) in [7, 11) is 5.71. The van der Waals surface area contributed by atoms with Gasteiger partial charge in [0.15, 0.2) is 0 Å². The standard InChI is InChI=1S/C29H36N6O2/c1-18-23(24-15-21(37-4)13-14-26(24)31-18)16-27(36)30-17-19-9-11-20(12-10-19)32-29-33-25-8-6-5-7-22(25)28(34-29)35(2)3/h7-8,13-15,17,20,31H,5-6,9-12,16H2,1-4H3,(H,30,36)(H,32,33). The maximum atomic E-state index is 12.8. The fourth-order valence-corrected chi connectivity index (χ4v) is 5.25. The molecule has 194 valence electrons. The molecule has 0 saturated heterocycles. The summed E-state index contributed by atoms with van der Waals surface area (Å²) in [4.78, 5) is 27.8. The van der Waals surface area contributed by atoms with Gasteiger partial charge in [-0.25, -0.2) is 4.98 Å². The molecular weight excluding hydrogens is 464 g/mol. The predicted molar refractivity (Wildman–Crippen MR) is 149 cm³/mol. The molecule has 1 amide bonds. The number of methoxy groups -OCH3 is 1. The summed E-state index contributed by atoms with van der Waals surface area (Å²) in [5.74, 6) is 2.44. The fraction of sp³-hybridized carbons (Fsp3) is 0.414. The van der Waals surface area contributed by atoms with Crippen molar-refractivity contribution in [3.05, 3.63) is 51.8 Å². The van der Waals surface area contributed by atoms with Crippen LogP contribution in [0.1, 0.15) is 49.8 Å². The Kier molecular flexibility index (Phi) is 7.17. The minimum absolute atomic E-state index is 0.00806. The van der Waals surface area contributed by atoms with Gasteiger partial charge in [0.25, 0.3) is 0 Å². The third-order valence-electron chi connectivity index (χ3n) is 7.29. The Morgan fingerprint density at radius 3 is 2.73 bits per heavy atom. The van der Waals surface area contributed by atoms with Crippen molar-refractivity contribution < 1.29 is 9.53 Å². The Balaban J connectivity index is 1.18. The Morgan fingerprint density at radius 2 is 1.97 bits per heavy atom. The number of nitrogens with one attached hydrogen (secondary N) is 3. The van der Waals surface area contributed by atoms with Crippen LogP contribution in [0, 0.1) is 6.92 Å². The number of carbonyl (C=O) groups is 1.